The Hall–Kier alpha value is -3.42. The van der Waals surface area contributed by atoms with Gasteiger partial charge < -0.3 is 19.5 Å². The third-order valence-electron chi connectivity index (χ3n) is 5.84. The summed E-state index contributed by atoms with van der Waals surface area (Å²) >= 11 is 0. The number of carbonyl (C=O) groups excluding carboxylic acids is 1. The standard InChI is InChI=1S/C23H26N6O2/c1-2-16-5-3-6-18(15-16)25-23(30)29-13-11-28(12-14-29)20-19(7-4-10-24-20)22-27-26-21(31-22)17-8-9-17/h3-7,10,15,17H,2,8-9,11-14H2,1H3,(H,25,30). The van der Waals surface area contributed by atoms with Gasteiger partial charge in [0.25, 0.3) is 5.89 Å². The van der Waals surface area contributed by atoms with Crippen LogP contribution in [-0.4, -0.2) is 52.3 Å². The Labute approximate surface area is 181 Å². The second-order valence-corrected chi connectivity index (χ2v) is 8.05. The van der Waals surface area contributed by atoms with Gasteiger partial charge in [-0.25, -0.2) is 9.78 Å². The molecule has 2 aliphatic rings. The lowest BCUT2D eigenvalue weighted by Crippen LogP contribution is -2.50. The molecule has 1 aliphatic heterocycles. The lowest BCUT2D eigenvalue weighted by Gasteiger charge is -2.35. The van der Waals surface area contributed by atoms with Gasteiger partial charge in [0, 0.05) is 44.0 Å². The third kappa shape index (κ3) is 4.23. The minimum Gasteiger partial charge on any atom is -0.420 e. The first-order valence-corrected chi connectivity index (χ1v) is 10.9. The molecule has 0 radical (unpaired) electrons. The minimum absolute atomic E-state index is 0.0693. The van der Waals surface area contributed by atoms with Crippen LogP contribution >= 0.6 is 0 Å². The molecule has 3 heterocycles. The lowest BCUT2D eigenvalue weighted by atomic mass is 10.1. The first-order chi connectivity index (χ1) is 15.2. The molecule has 1 saturated heterocycles. The van der Waals surface area contributed by atoms with Crippen LogP contribution in [0.4, 0.5) is 16.3 Å². The Kier molecular flexibility index (Phi) is 5.28. The first kappa shape index (κ1) is 19.5. The van der Waals surface area contributed by atoms with E-state index in [0.29, 0.717) is 38.0 Å². The lowest BCUT2D eigenvalue weighted by molar-refractivity contribution is 0.208. The van der Waals surface area contributed by atoms with Crippen molar-refractivity contribution in [2.24, 2.45) is 0 Å². The minimum atomic E-state index is -0.0693. The molecule has 2 amide bonds. The van der Waals surface area contributed by atoms with Crippen molar-refractivity contribution in [3.63, 3.8) is 0 Å². The van der Waals surface area contributed by atoms with E-state index in [2.05, 4.69) is 38.4 Å². The molecule has 160 valence electrons. The quantitative estimate of drug-likeness (QED) is 0.676. The van der Waals surface area contributed by atoms with E-state index in [1.807, 2.05) is 35.2 Å². The predicted octanol–water partition coefficient (Wildman–Crippen LogP) is 3.93. The summed E-state index contributed by atoms with van der Waals surface area (Å²) < 4.78 is 5.91. The Morgan fingerprint density at radius 2 is 1.97 bits per heavy atom. The Morgan fingerprint density at radius 1 is 1.13 bits per heavy atom. The van der Waals surface area contributed by atoms with Crippen molar-refractivity contribution >= 4 is 17.5 Å². The van der Waals surface area contributed by atoms with Gasteiger partial charge in [-0.2, -0.15) is 0 Å². The molecule has 31 heavy (non-hydrogen) atoms. The number of carbonyl (C=O) groups is 1. The summed E-state index contributed by atoms with van der Waals surface area (Å²) in [6, 6.07) is 11.8. The molecule has 3 aromatic rings. The molecule has 1 aromatic carbocycles. The van der Waals surface area contributed by atoms with E-state index < -0.39 is 0 Å². The van der Waals surface area contributed by atoms with Gasteiger partial charge in [-0.1, -0.05) is 19.1 Å². The fourth-order valence-electron chi connectivity index (χ4n) is 3.85. The van der Waals surface area contributed by atoms with E-state index in [4.69, 9.17) is 4.42 Å². The Balaban J connectivity index is 1.25. The van der Waals surface area contributed by atoms with Gasteiger partial charge in [0.2, 0.25) is 5.89 Å². The molecule has 0 unspecified atom stereocenters. The molecule has 2 fully saturated rings. The number of piperazine rings is 1. The summed E-state index contributed by atoms with van der Waals surface area (Å²) in [4.78, 5) is 21.3. The molecule has 8 nitrogen and oxygen atoms in total. The number of anilines is 2. The molecular formula is C23H26N6O2. The zero-order chi connectivity index (χ0) is 21.2. The van der Waals surface area contributed by atoms with Gasteiger partial charge in [0.15, 0.2) is 0 Å². The molecule has 0 spiro atoms. The number of benzene rings is 1. The molecule has 0 bridgehead atoms. The molecule has 2 aromatic heterocycles. The summed E-state index contributed by atoms with van der Waals surface area (Å²) in [7, 11) is 0. The van der Waals surface area contributed by atoms with Crippen molar-refractivity contribution in [1.82, 2.24) is 20.1 Å². The van der Waals surface area contributed by atoms with Crippen LogP contribution in [0.1, 0.15) is 37.1 Å². The number of aromatic nitrogens is 3. The van der Waals surface area contributed by atoms with Gasteiger partial charge in [-0.05, 0) is 49.1 Å². The van der Waals surface area contributed by atoms with Crippen molar-refractivity contribution in [2.45, 2.75) is 32.1 Å². The van der Waals surface area contributed by atoms with Crippen LogP contribution in [0.3, 0.4) is 0 Å². The molecule has 1 saturated carbocycles. The fraction of sp³-hybridized carbons (Fsp3) is 0.391. The molecule has 1 aliphatic carbocycles. The highest BCUT2D eigenvalue weighted by atomic mass is 16.4. The molecule has 1 N–H and O–H groups in total. The number of pyridine rings is 1. The topological polar surface area (TPSA) is 87.4 Å². The number of nitrogens with one attached hydrogen (secondary N) is 1. The van der Waals surface area contributed by atoms with Gasteiger partial charge in [0.1, 0.15) is 5.82 Å². The summed E-state index contributed by atoms with van der Waals surface area (Å²) in [5.74, 6) is 2.48. The number of amides is 2. The van der Waals surface area contributed by atoms with E-state index in [1.54, 1.807) is 6.20 Å². The van der Waals surface area contributed by atoms with Crippen molar-refractivity contribution < 1.29 is 9.21 Å². The summed E-state index contributed by atoms with van der Waals surface area (Å²) in [5.41, 5.74) is 2.88. The van der Waals surface area contributed by atoms with E-state index >= 15 is 0 Å². The zero-order valence-electron chi connectivity index (χ0n) is 17.6. The number of nitrogens with zero attached hydrogens (tertiary/aromatic N) is 5. The third-order valence-corrected chi connectivity index (χ3v) is 5.84. The maximum absolute atomic E-state index is 12.7. The normalized spacial score (nSPS) is 16.4. The highest BCUT2D eigenvalue weighted by Gasteiger charge is 2.30. The Bertz CT molecular complexity index is 1070. The predicted molar refractivity (Wildman–Crippen MR) is 118 cm³/mol. The average molecular weight is 419 g/mol. The molecule has 8 heteroatoms. The van der Waals surface area contributed by atoms with Crippen molar-refractivity contribution in [1.29, 1.82) is 0 Å². The average Bonchev–Trinajstić information content (AvgIpc) is 3.56. The Morgan fingerprint density at radius 3 is 2.74 bits per heavy atom. The maximum atomic E-state index is 12.7. The van der Waals surface area contributed by atoms with Crippen LogP contribution in [0.2, 0.25) is 0 Å². The van der Waals surface area contributed by atoms with E-state index in [1.165, 1.54) is 5.56 Å². The molecule has 5 rings (SSSR count). The highest BCUT2D eigenvalue weighted by molar-refractivity contribution is 5.89. The van der Waals surface area contributed by atoms with Gasteiger partial charge in [0.05, 0.1) is 5.56 Å². The van der Waals surface area contributed by atoms with Crippen LogP contribution < -0.4 is 10.2 Å². The number of hydrogen-bond donors (Lipinski definition) is 1. The van der Waals surface area contributed by atoms with Crippen LogP contribution in [0.15, 0.2) is 47.0 Å². The second kappa shape index (κ2) is 8.37. The number of urea groups is 1. The SMILES string of the molecule is CCc1cccc(NC(=O)N2CCN(c3ncccc3-c3nnc(C4CC4)o3)CC2)c1. The van der Waals surface area contributed by atoms with Crippen molar-refractivity contribution in [3.05, 3.63) is 54.0 Å². The van der Waals surface area contributed by atoms with Gasteiger partial charge in [-0.15, -0.1) is 10.2 Å². The summed E-state index contributed by atoms with van der Waals surface area (Å²) in [6.07, 6.45) is 4.95. The molecule has 0 atom stereocenters. The largest absolute Gasteiger partial charge is 0.420 e. The molecular weight excluding hydrogens is 392 g/mol. The van der Waals surface area contributed by atoms with Gasteiger partial charge >= 0.3 is 6.03 Å². The highest BCUT2D eigenvalue weighted by Crippen LogP contribution is 2.40. The van der Waals surface area contributed by atoms with Crippen LogP contribution in [0.25, 0.3) is 11.5 Å². The zero-order valence-corrected chi connectivity index (χ0v) is 17.6. The smallest absolute Gasteiger partial charge is 0.321 e. The second-order valence-electron chi connectivity index (χ2n) is 8.05. The maximum Gasteiger partial charge on any atom is 0.321 e. The van der Waals surface area contributed by atoms with E-state index in [0.717, 1.165) is 42.2 Å². The first-order valence-electron chi connectivity index (χ1n) is 10.9. The monoisotopic (exact) mass is 418 g/mol. The van der Waals surface area contributed by atoms with E-state index in [-0.39, 0.29) is 6.03 Å². The summed E-state index contributed by atoms with van der Waals surface area (Å²) in [6.45, 7) is 4.72. The van der Waals surface area contributed by atoms with Crippen LogP contribution in [0, 0.1) is 0 Å². The summed E-state index contributed by atoms with van der Waals surface area (Å²) in [5, 5.41) is 11.5. The van der Waals surface area contributed by atoms with Crippen molar-refractivity contribution in [2.75, 3.05) is 36.4 Å². The number of aryl methyl sites for hydroxylation is 1. The van der Waals surface area contributed by atoms with E-state index in [9.17, 15) is 4.79 Å². The number of rotatable bonds is 5. The van der Waals surface area contributed by atoms with Crippen LogP contribution in [-0.2, 0) is 6.42 Å². The van der Waals surface area contributed by atoms with Crippen LogP contribution in [0.5, 0.6) is 0 Å². The van der Waals surface area contributed by atoms with Gasteiger partial charge in [-0.3, -0.25) is 0 Å². The number of hydrogen-bond acceptors (Lipinski definition) is 6. The van der Waals surface area contributed by atoms with Crippen molar-refractivity contribution in [3.8, 4) is 11.5 Å². The fourth-order valence-corrected chi connectivity index (χ4v) is 3.85.